The van der Waals surface area contributed by atoms with Crippen LogP contribution in [0.4, 0.5) is 5.69 Å². The molecule has 0 aliphatic carbocycles. The summed E-state index contributed by atoms with van der Waals surface area (Å²) in [5.41, 5.74) is 7.33. The summed E-state index contributed by atoms with van der Waals surface area (Å²) >= 11 is 5.89. The van der Waals surface area contributed by atoms with Gasteiger partial charge < -0.3 is 16.4 Å². The van der Waals surface area contributed by atoms with Crippen molar-refractivity contribution in [3.8, 4) is 0 Å². The van der Waals surface area contributed by atoms with E-state index in [1.807, 2.05) is 43.4 Å². The third-order valence-electron chi connectivity index (χ3n) is 3.82. The second-order valence-electron chi connectivity index (χ2n) is 5.75. The standard InChI is InChI=1S/C18H20ClN3O2/c1-11(13-3-7-15(19)8-4-13)21-12(2)18(24)22-16-9-5-14(6-10-16)17(20)23/h3-12,21H,1-2H3,(H2,20,23)(H,22,24)/p+1/t11-,12+/m1/s1. The molecular weight excluding hydrogens is 326 g/mol. The summed E-state index contributed by atoms with van der Waals surface area (Å²) in [6, 6.07) is 13.9. The van der Waals surface area contributed by atoms with Crippen molar-refractivity contribution < 1.29 is 14.9 Å². The van der Waals surface area contributed by atoms with Crippen LogP contribution >= 0.6 is 11.6 Å². The fourth-order valence-electron chi connectivity index (χ4n) is 2.37. The molecule has 2 aromatic rings. The van der Waals surface area contributed by atoms with Crippen LogP contribution in [0.15, 0.2) is 48.5 Å². The normalized spacial score (nSPS) is 13.1. The third-order valence-corrected chi connectivity index (χ3v) is 4.08. The van der Waals surface area contributed by atoms with Crippen LogP contribution < -0.4 is 16.4 Å². The van der Waals surface area contributed by atoms with Crippen LogP contribution in [-0.4, -0.2) is 17.9 Å². The number of carbonyl (C=O) groups excluding carboxylic acids is 2. The first kappa shape index (κ1) is 18.0. The fourth-order valence-corrected chi connectivity index (χ4v) is 2.50. The van der Waals surface area contributed by atoms with Crippen molar-refractivity contribution in [1.82, 2.24) is 0 Å². The smallest absolute Gasteiger partial charge is 0.282 e. The van der Waals surface area contributed by atoms with E-state index in [-0.39, 0.29) is 18.0 Å². The molecule has 0 aromatic heterocycles. The number of quaternary nitrogens is 1. The van der Waals surface area contributed by atoms with Gasteiger partial charge in [-0.2, -0.15) is 0 Å². The Morgan fingerprint density at radius 3 is 2.17 bits per heavy atom. The van der Waals surface area contributed by atoms with Gasteiger partial charge in [0, 0.05) is 21.8 Å². The van der Waals surface area contributed by atoms with E-state index in [1.54, 1.807) is 24.3 Å². The van der Waals surface area contributed by atoms with Crippen LogP contribution in [0.1, 0.15) is 35.8 Å². The lowest BCUT2D eigenvalue weighted by molar-refractivity contribution is -0.709. The molecule has 6 heteroatoms. The lowest BCUT2D eigenvalue weighted by Gasteiger charge is -2.17. The van der Waals surface area contributed by atoms with E-state index in [0.29, 0.717) is 16.3 Å². The third kappa shape index (κ3) is 4.81. The Hall–Kier alpha value is -2.37. The molecule has 0 unspecified atom stereocenters. The molecule has 24 heavy (non-hydrogen) atoms. The summed E-state index contributed by atoms with van der Waals surface area (Å²) in [7, 11) is 0. The molecule has 2 rings (SSSR count). The predicted octanol–water partition coefficient (Wildman–Crippen LogP) is 2.09. The fraction of sp³-hybridized carbons (Fsp3) is 0.222. The van der Waals surface area contributed by atoms with E-state index >= 15 is 0 Å². The van der Waals surface area contributed by atoms with E-state index in [0.717, 1.165) is 5.56 Å². The van der Waals surface area contributed by atoms with Crippen LogP contribution in [0.2, 0.25) is 5.02 Å². The van der Waals surface area contributed by atoms with Gasteiger partial charge in [0.25, 0.3) is 5.91 Å². The molecule has 2 atom stereocenters. The van der Waals surface area contributed by atoms with Gasteiger partial charge in [-0.1, -0.05) is 23.7 Å². The second kappa shape index (κ2) is 7.95. The van der Waals surface area contributed by atoms with E-state index in [4.69, 9.17) is 17.3 Å². The molecule has 0 aliphatic heterocycles. The Labute approximate surface area is 146 Å². The molecule has 0 spiro atoms. The molecule has 0 aliphatic rings. The zero-order valence-electron chi connectivity index (χ0n) is 13.6. The summed E-state index contributed by atoms with van der Waals surface area (Å²) < 4.78 is 0. The van der Waals surface area contributed by atoms with Crippen molar-refractivity contribution in [2.24, 2.45) is 5.73 Å². The molecule has 2 amide bonds. The quantitative estimate of drug-likeness (QED) is 0.747. The number of hydrogen-bond donors (Lipinski definition) is 3. The predicted molar refractivity (Wildman–Crippen MR) is 94.8 cm³/mol. The van der Waals surface area contributed by atoms with Gasteiger partial charge in [-0.3, -0.25) is 9.59 Å². The van der Waals surface area contributed by atoms with Crippen molar-refractivity contribution in [2.45, 2.75) is 25.9 Å². The number of anilines is 1. The zero-order valence-corrected chi connectivity index (χ0v) is 14.4. The number of nitrogens with one attached hydrogen (secondary N) is 1. The Morgan fingerprint density at radius 1 is 1.04 bits per heavy atom. The first-order valence-electron chi connectivity index (χ1n) is 7.68. The highest BCUT2D eigenvalue weighted by Crippen LogP contribution is 2.14. The Bertz CT molecular complexity index is 714. The van der Waals surface area contributed by atoms with Gasteiger partial charge in [-0.15, -0.1) is 0 Å². The van der Waals surface area contributed by atoms with Crippen LogP contribution in [0.25, 0.3) is 0 Å². The highest BCUT2D eigenvalue weighted by Gasteiger charge is 2.20. The topological polar surface area (TPSA) is 88.8 Å². The molecule has 0 saturated heterocycles. The molecule has 5 nitrogen and oxygen atoms in total. The van der Waals surface area contributed by atoms with Gasteiger partial charge in [-0.25, -0.2) is 0 Å². The van der Waals surface area contributed by atoms with E-state index < -0.39 is 5.91 Å². The van der Waals surface area contributed by atoms with Crippen LogP contribution in [0, 0.1) is 0 Å². The Morgan fingerprint density at radius 2 is 1.62 bits per heavy atom. The van der Waals surface area contributed by atoms with Gasteiger partial charge in [0.1, 0.15) is 6.04 Å². The van der Waals surface area contributed by atoms with Crippen molar-refractivity contribution in [3.05, 3.63) is 64.7 Å². The number of halogens is 1. The van der Waals surface area contributed by atoms with Crippen molar-refractivity contribution in [2.75, 3.05) is 5.32 Å². The number of primary amides is 1. The summed E-state index contributed by atoms with van der Waals surface area (Å²) in [5, 5.41) is 5.50. The van der Waals surface area contributed by atoms with E-state index in [9.17, 15) is 9.59 Å². The molecule has 0 fully saturated rings. The van der Waals surface area contributed by atoms with Crippen molar-refractivity contribution in [1.29, 1.82) is 0 Å². The number of nitrogens with two attached hydrogens (primary N) is 2. The highest BCUT2D eigenvalue weighted by molar-refractivity contribution is 6.30. The first-order chi connectivity index (χ1) is 11.4. The lowest BCUT2D eigenvalue weighted by Crippen LogP contribution is -2.91. The summed E-state index contributed by atoms with van der Waals surface area (Å²) in [6.07, 6.45) is 0. The van der Waals surface area contributed by atoms with Gasteiger partial charge in [0.2, 0.25) is 5.91 Å². The maximum atomic E-state index is 12.3. The number of amides is 2. The Kier molecular flexibility index (Phi) is 5.95. The lowest BCUT2D eigenvalue weighted by atomic mass is 10.1. The monoisotopic (exact) mass is 346 g/mol. The van der Waals surface area contributed by atoms with Gasteiger partial charge in [0.15, 0.2) is 6.04 Å². The van der Waals surface area contributed by atoms with Crippen LogP contribution in [-0.2, 0) is 4.79 Å². The van der Waals surface area contributed by atoms with Gasteiger partial charge in [-0.05, 0) is 50.2 Å². The number of carbonyl (C=O) groups is 2. The summed E-state index contributed by atoms with van der Waals surface area (Å²) in [6.45, 7) is 3.88. The molecule has 0 heterocycles. The van der Waals surface area contributed by atoms with Crippen LogP contribution in [0.5, 0.6) is 0 Å². The van der Waals surface area contributed by atoms with Crippen molar-refractivity contribution >= 4 is 29.1 Å². The minimum absolute atomic E-state index is 0.109. The Balaban J connectivity index is 1.93. The molecule has 2 aromatic carbocycles. The largest absolute Gasteiger partial charge is 0.366 e. The maximum Gasteiger partial charge on any atom is 0.282 e. The molecule has 5 N–H and O–H groups in total. The minimum Gasteiger partial charge on any atom is -0.366 e. The number of hydrogen-bond acceptors (Lipinski definition) is 2. The van der Waals surface area contributed by atoms with Gasteiger partial charge >= 0.3 is 0 Å². The van der Waals surface area contributed by atoms with Crippen LogP contribution in [0.3, 0.4) is 0 Å². The molecule has 0 saturated carbocycles. The highest BCUT2D eigenvalue weighted by atomic mass is 35.5. The summed E-state index contributed by atoms with van der Waals surface area (Å²) in [5.74, 6) is -0.603. The average molecular weight is 347 g/mol. The SMILES string of the molecule is C[C@H]([NH2+][C@H](C)c1ccc(Cl)cc1)C(=O)Nc1ccc(C(N)=O)cc1. The van der Waals surface area contributed by atoms with E-state index in [1.165, 1.54) is 0 Å². The average Bonchev–Trinajstić information content (AvgIpc) is 2.55. The zero-order chi connectivity index (χ0) is 17.7. The minimum atomic E-state index is -0.494. The molecule has 126 valence electrons. The number of benzene rings is 2. The first-order valence-corrected chi connectivity index (χ1v) is 8.06. The van der Waals surface area contributed by atoms with Crippen molar-refractivity contribution in [3.63, 3.8) is 0 Å². The second-order valence-corrected chi connectivity index (χ2v) is 6.19. The summed E-state index contributed by atoms with van der Waals surface area (Å²) in [4.78, 5) is 23.3. The molecule has 0 radical (unpaired) electrons. The molecule has 0 bridgehead atoms. The van der Waals surface area contributed by atoms with Gasteiger partial charge in [0.05, 0.1) is 0 Å². The van der Waals surface area contributed by atoms with E-state index in [2.05, 4.69) is 5.32 Å². The number of rotatable bonds is 6. The molecular formula is C18H21ClN3O2+. The maximum absolute atomic E-state index is 12.3.